The van der Waals surface area contributed by atoms with Crippen LogP contribution in [-0.2, 0) is 19.1 Å². The summed E-state index contributed by atoms with van der Waals surface area (Å²) in [6.45, 7) is 15.0. The predicted octanol–water partition coefficient (Wildman–Crippen LogP) is 6.58. The molecule has 3 rings (SSSR count). The Morgan fingerprint density at radius 1 is 0.933 bits per heavy atom. The van der Waals surface area contributed by atoms with Gasteiger partial charge >= 0.3 is 6.09 Å². The highest BCUT2D eigenvalue weighted by molar-refractivity contribution is 6.01. The van der Waals surface area contributed by atoms with Crippen molar-refractivity contribution in [3.05, 3.63) is 84.4 Å². The molecule has 0 aliphatic heterocycles. The van der Waals surface area contributed by atoms with Crippen LogP contribution in [0.1, 0.15) is 78.0 Å². The Labute approximate surface area is 266 Å². The van der Waals surface area contributed by atoms with Crippen LogP contribution in [0, 0.1) is 5.92 Å². The van der Waals surface area contributed by atoms with Gasteiger partial charge < -0.3 is 26.0 Å². The van der Waals surface area contributed by atoms with Crippen molar-refractivity contribution in [1.82, 2.24) is 10.2 Å². The number of benzene rings is 3. The van der Waals surface area contributed by atoms with Crippen molar-refractivity contribution in [2.75, 3.05) is 5.32 Å². The van der Waals surface area contributed by atoms with Crippen LogP contribution in [0.25, 0.3) is 16.8 Å². The van der Waals surface area contributed by atoms with Crippen molar-refractivity contribution >= 4 is 46.4 Å². The van der Waals surface area contributed by atoms with Gasteiger partial charge in [0.05, 0.1) is 6.42 Å². The van der Waals surface area contributed by atoms with E-state index in [2.05, 4.69) is 31.1 Å². The van der Waals surface area contributed by atoms with Crippen molar-refractivity contribution in [1.29, 1.82) is 0 Å². The van der Waals surface area contributed by atoms with E-state index in [9.17, 15) is 19.2 Å². The number of ether oxygens (including phenoxy) is 1. The van der Waals surface area contributed by atoms with E-state index in [0.717, 1.165) is 22.8 Å². The van der Waals surface area contributed by atoms with Gasteiger partial charge in [0.25, 0.3) is 5.91 Å². The molecule has 3 unspecified atom stereocenters. The number of alkyl carbamates (subject to hydrolysis) is 1. The molecule has 0 saturated carbocycles. The highest BCUT2D eigenvalue weighted by Gasteiger charge is 2.39. The van der Waals surface area contributed by atoms with E-state index in [1.54, 1.807) is 45.0 Å². The van der Waals surface area contributed by atoms with E-state index in [1.807, 2.05) is 55.5 Å². The van der Waals surface area contributed by atoms with Gasteiger partial charge in [-0.2, -0.15) is 0 Å². The molecule has 3 aromatic carbocycles. The first kappa shape index (κ1) is 34.8. The van der Waals surface area contributed by atoms with E-state index in [0.29, 0.717) is 23.6 Å². The average Bonchev–Trinajstić information content (AvgIpc) is 2.96. The fourth-order valence-electron chi connectivity index (χ4n) is 5.12. The van der Waals surface area contributed by atoms with E-state index in [1.165, 1.54) is 4.90 Å². The maximum absolute atomic E-state index is 14.5. The summed E-state index contributed by atoms with van der Waals surface area (Å²) in [4.78, 5) is 55.3. The largest absolute Gasteiger partial charge is 0.444 e. The van der Waals surface area contributed by atoms with E-state index in [4.69, 9.17) is 10.5 Å². The summed E-state index contributed by atoms with van der Waals surface area (Å²) in [6.07, 6.45) is 1.66. The second kappa shape index (κ2) is 15.4. The van der Waals surface area contributed by atoms with Gasteiger partial charge in [-0.15, -0.1) is 0 Å². The van der Waals surface area contributed by atoms with Crippen LogP contribution in [0.5, 0.6) is 0 Å². The van der Waals surface area contributed by atoms with Crippen LogP contribution in [0.15, 0.2) is 73.3 Å². The highest BCUT2D eigenvalue weighted by atomic mass is 16.6. The molecule has 0 aliphatic carbocycles. The quantitative estimate of drug-likeness (QED) is 0.200. The fourth-order valence-corrected chi connectivity index (χ4v) is 5.12. The number of nitrogens with zero attached hydrogens (tertiary/aromatic N) is 1. The van der Waals surface area contributed by atoms with Crippen LogP contribution < -0.4 is 16.4 Å². The van der Waals surface area contributed by atoms with Gasteiger partial charge in [0.15, 0.2) is 0 Å². The molecule has 0 heterocycles. The maximum Gasteiger partial charge on any atom is 0.408 e. The lowest BCUT2D eigenvalue weighted by Crippen LogP contribution is -2.55. The smallest absolute Gasteiger partial charge is 0.408 e. The Bertz CT molecular complexity index is 1530. The average molecular weight is 615 g/mol. The monoisotopic (exact) mass is 614 g/mol. The number of primary amides is 1. The number of hydrogen-bond donors (Lipinski definition) is 3. The molecule has 0 aliphatic rings. The standard InChI is InChI=1S/C36H46N4O5/c1-8-25-12-11-15-28(20-25)32(33(42)38-29-19-18-26-13-9-10-14-27(26)21-29)40(24(4)17-16-23(2)3)34(43)30(22-31(37)41)39-35(44)45-36(5,6)7/h8-15,18-21,23-24,30,32H,1,16-17,22H2,2-7H3,(H2,37,41)(H,38,42)(H,39,44). The molecule has 3 aromatic rings. The van der Waals surface area contributed by atoms with Crippen molar-refractivity contribution in [3.63, 3.8) is 0 Å². The van der Waals surface area contributed by atoms with Gasteiger partial charge in [-0.05, 0) is 86.6 Å². The number of nitrogens with one attached hydrogen (secondary N) is 2. The number of carbonyl (C=O) groups is 4. The molecule has 9 nitrogen and oxygen atoms in total. The molecule has 4 N–H and O–H groups in total. The number of amides is 4. The molecule has 0 radical (unpaired) electrons. The fraction of sp³-hybridized carbons (Fsp3) is 0.389. The molecule has 0 bridgehead atoms. The normalized spacial score (nSPS) is 13.4. The number of nitrogens with two attached hydrogens (primary N) is 1. The second-order valence-electron chi connectivity index (χ2n) is 12.8. The molecular formula is C36H46N4O5. The maximum atomic E-state index is 14.5. The lowest BCUT2D eigenvalue weighted by molar-refractivity contribution is -0.144. The summed E-state index contributed by atoms with van der Waals surface area (Å²) in [5, 5.41) is 7.52. The van der Waals surface area contributed by atoms with Gasteiger partial charge in [-0.3, -0.25) is 14.4 Å². The van der Waals surface area contributed by atoms with Crippen molar-refractivity contribution in [3.8, 4) is 0 Å². The summed E-state index contributed by atoms with van der Waals surface area (Å²) < 4.78 is 5.39. The number of hydrogen-bond acceptors (Lipinski definition) is 5. The molecule has 0 fully saturated rings. The summed E-state index contributed by atoms with van der Waals surface area (Å²) in [6, 6.07) is 17.7. The van der Waals surface area contributed by atoms with Gasteiger partial charge in [0.2, 0.25) is 11.8 Å². The summed E-state index contributed by atoms with van der Waals surface area (Å²) in [5.41, 5.74) is 6.57. The van der Waals surface area contributed by atoms with E-state index < -0.39 is 54.0 Å². The van der Waals surface area contributed by atoms with Gasteiger partial charge in [-0.1, -0.05) is 75.0 Å². The van der Waals surface area contributed by atoms with Crippen molar-refractivity contribution < 1.29 is 23.9 Å². The predicted molar refractivity (Wildman–Crippen MR) is 179 cm³/mol. The molecule has 0 aromatic heterocycles. The summed E-state index contributed by atoms with van der Waals surface area (Å²) >= 11 is 0. The van der Waals surface area contributed by atoms with Gasteiger partial charge in [0.1, 0.15) is 17.7 Å². The molecule has 45 heavy (non-hydrogen) atoms. The van der Waals surface area contributed by atoms with Crippen LogP contribution in [0.2, 0.25) is 0 Å². The number of anilines is 1. The minimum atomic E-state index is -1.36. The van der Waals surface area contributed by atoms with Crippen LogP contribution in [-0.4, -0.2) is 46.4 Å². The first-order valence-corrected chi connectivity index (χ1v) is 15.3. The summed E-state index contributed by atoms with van der Waals surface area (Å²) in [7, 11) is 0. The molecule has 3 atom stereocenters. The van der Waals surface area contributed by atoms with Gasteiger partial charge in [0, 0.05) is 11.7 Å². The number of rotatable bonds is 13. The van der Waals surface area contributed by atoms with Crippen molar-refractivity contribution in [2.24, 2.45) is 11.7 Å². The first-order chi connectivity index (χ1) is 21.2. The minimum absolute atomic E-state index is 0.333. The Balaban J connectivity index is 2.13. The molecule has 4 amide bonds. The molecule has 0 spiro atoms. The van der Waals surface area contributed by atoms with Crippen molar-refractivity contribution in [2.45, 2.75) is 84.5 Å². The lowest BCUT2D eigenvalue weighted by Gasteiger charge is -2.38. The zero-order valence-corrected chi connectivity index (χ0v) is 27.1. The molecule has 240 valence electrons. The Morgan fingerprint density at radius 3 is 2.24 bits per heavy atom. The van der Waals surface area contributed by atoms with E-state index in [-0.39, 0.29) is 0 Å². The Kier molecular flexibility index (Phi) is 11.9. The first-order valence-electron chi connectivity index (χ1n) is 15.3. The topological polar surface area (TPSA) is 131 Å². The Morgan fingerprint density at radius 2 is 1.62 bits per heavy atom. The lowest BCUT2D eigenvalue weighted by atomic mass is 9.95. The molecule has 9 heteroatoms. The molecular weight excluding hydrogens is 568 g/mol. The third kappa shape index (κ3) is 10.2. The number of fused-ring (bicyclic) bond motifs is 1. The molecule has 0 saturated heterocycles. The third-order valence-electron chi connectivity index (χ3n) is 7.29. The van der Waals surface area contributed by atoms with Crippen LogP contribution in [0.3, 0.4) is 0 Å². The SMILES string of the molecule is C=Cc1cccc(C(C(=O)Nc2ccc3ccccc3c2)N(C(=O)C(CC(N)=O)NC(=O)OC(C)(C)C)C(C)CCC(C)C)c1. The second-order valence-corrected chi connectivity index (χ2v) is 12.8. The van der Waals surface area contributed by atoms with Gasteiger partial charge in [-0.25, -0.2) is 4.79 Å². The third-order valence-corrected chi connectivity index (χ3v) is 7.29. The zero-order valence-electron chi connectivity index (χ0n) is 27.1. The summed E-state index contributed by atoms with van der Waals surface area (Å²) in [5.74, 6) is -1.53. The van der Waals surface area contributed by atoms with Crippen LogP contribution >= 0.6 is 0 Å². The Hall–Kier alpha value is -4.66. The zero-order chi connectivity index (χ0) is 33.3. The number of carbonyl (C=O) groups excluding carboxylic acids is 4. The highest BCUT2D eigenvalue weighted by Crippen LogP contribution is 2.30. The van der Waals surface area contributed by atoms with E-state index >= 15 is 0 Å². The minimum Gasteiger partial charge on any atom is -0.444 e. The van der Waals surface area contributed by atoms with Crippen LogP contribution in [0.4, 0.5) is 10.5 Å².